The molecule has 106 valence electrons. The first-order valence-corrected chi connectivity index (χ1v) is 8.11. The van der Waals surface area contributed by atoms with Gasteiger partial charge in [0.25, 0.3) is 5.91 Å². The molecule has 1 fully saturated rings. The molecule has 2 heterocycles. The molecule has 0 bridgehead atoms. The lowest BCUT2D eigenvalue weighted by Gasteiger charge is -2.31. The number of rotatable bonds is 4. The Bertz CT molecular complexity index is 441. The number of nitrogens with one attached hydrogen (secondary N) is 1. The van der Waals surface area contributed by atoms with Gasteiger partial charge in [0.05, 0.1) is 4.88 Å². The van der Waals surface area contributed by atoms with Crippen molar-refractivity contribution in [3.8, 4) is 0 Å². The van der Waals surface area contributed by atoms with Crippen molar-refractivity contribution in [2.24, 2.45) is 0 Å². The zero-order chi connectivity index (χ0) is 13.8. The van der Waals surface area contributed by atoms with E-state index >= 15 is 0 Å². The van der Waals surface area contributed by atoms with Crippen LogP contribution in [0.4, 0.5) is 0 Å². The minimum absolute atomic E-state index is 0.218. The largest absolute Gasteiger partial charge is 0.335 e. The van der Waals surface area contributed by atoms with Crippen LogP contribution < -0.4 is 5.32 Å². The second-order valence-electron chi connectivity index (χ2n) is 5.27. The number of hydrogen-bond donors (Lipinski definition) is 1. The summed E-state index contributed by atoms with van der Waals surface area (Å²) >= 11 is 1.70. The summed E-state index contributed by atoms with van der Waals surface area (Å²) in [7, 11) is 0. The number of thiophene rings is 1. The maximum atomic E-state index is 12.5. The average molecular weight is 280 g/mol. The van der Waals surface area contributed by atoms with Crippen LogP contribution in [0.15, 0.2) is 6.07 Å². The summed E-state index contributed by atoms with van der Waals surface area (Å²) in [5.74, 6) is 0.218. The molecule has 1 N–H and O–H groups in total. The van der Waals surface area contributed by atoms with Crippen LogP contribution in [0, 0.1) is 0 Å². The second-order valence-corrected chi connectivity index (χ2v) is 6.41. The molecule has 1 aromatic heterocycles. The molecule has 1 unspecified atom stereocenters. The van der Waals surface area contributed by atoms with Crippen molar-refractivity contribution in [1.82, 2.24) is 10.2 Å². The van der Waals surface area contributed by atoms with Gasteiger partial charge in [0.15, 0.2) is 0 Å². The predicted molar refractivity (Wildman–Crippen MR) is 81.1 cm³/mol. The van der Waals surface area contributed by atoms with Crippen molar-refractivity contribution in [3.05, 3.63) is 21.4 Å². The Labute approximate surface area is 120 Å². The lowest BCUT2D eigenvalue weighted by atomic mass is 10.1. The maximum Gasteiger partial charge on any atom is 0.264 e. The first-order chi connectivity index (χ1) is 9.15. The fourth-order valence-electron chi connectivity index (χ4n) is 2.58. The molecule has 4 heteroatoms. The molecule has 3 nitrogen and oxygen atoms in total. The van der Waals surface area contributed by atoms with E-state index in [2.05, 4.69) is 32.2 Å². The van der Waals surface area contributed by atoms with E-state index in [1.54, 1.807) is 11.3 Å². The number of amides is 1. The van der Waals surface area contributed by atoms with Gasteiger partial charge in [-0.1, -0.05) is 20.3 Å². The number of hydrogen-bond acceptors (Lipinski definition) is 3. The monoisotopic (exact) mass is 280 g/mol. The molecule has 0 radical (unpaired) electrons. The molecule has 0 aliphatic carbocycles. The summed E-state index contributed by atoms with van der Waals surface area (Å²) in [4.78, 5) is 16.9. The molecule has 1 saturated heterocycles. The van der Waals surface area contributed by atoms with Gasteiger partial charge in [-0.15, -0.1) is 11.3 Å². The van der Waals surface area contributed by atoms with E-state index in [1.165, 1.54) is 10.4 Å². The third kappa shape index (κ3) is 3.37. The topological polar surface area (TPSA) is 32.3 Å². The summed E-state index contributed by atoms with van der Waals surface area (Å²) in [5, 5.41) is 3.38. The Balaban J connectivity index is 2.14. The highest BCUT2D eigenvalue weighted by Crippen LogP contribution is 2.26. The standard InChI is InChI=1S/C15H24N2OS/c1-4-6-13-12(5-2)9-14(19-13)15(18)17-8-7-16-11(3)10-17/h9,11,16H,4-8,10H2,1-3H3. The number of piperazine rings is 1. The first kappa shape index (κ1) is 14.5. The van der Waals surface area contributed by atoms with Gasteiger partial charge in [0.2, 0.25) is 0 Å². The fraction of sp³-hybridized carbons (Fsp3) is 0.667. The molecule has 2 rings (SSSR count). The van der Waals surface area contributed by atoms with Crippen molar-refractivity contribution >= 4 is 17.2 Å². The van der Waals surface area contributed by atoms with Crippen LogP contribution in [0.5, 0.6) is 0 Å². The smallest absolute Gasteiger partial charge is 0.264 e. The average Bonchev–Trinajstić information content (AvgIpc) is 2.81. The molecule has 0 spiro atoms. The number of carbonyl (C=O) groups excluding carboxylic acids is 1. The summed E-state index contributed by atoms with van der Waals surface area (Å²) in [6, 6.07) is 2.52. The Morgan fingerprint density at radius 3 is 2.95 bits per heavy atom. The van der Waals surface area contributed by atoms with Crippen molar-refractivity contribution in [2.75, 3.05) is 19.6 Å². The van der Waals surface area contributed by atoms with Crippen LogP contribution >= 0.6 is 11.3 Å². The van der Waals surface area contributed by atoms with E-state index in [4.69, 9.17) is 0 Å². The number of nitrogens with zero attached hydrogens (tertiary/aromatic N) is 1. The zero-order valence-corrected chi connectivity index (χ0v) is 13.0. The SMILES string of the molecule is CCCc1sc(C(=O)N2CCNC(C)C2)cc1CC. The molecular weight excluding hydrogens is 256 g/mol. The Kier molecular flexibility index (Phi) is 4.99. The van der Waals surface area contributed by atoms with Crippen LogP contribution in [-0.2, 0) is 12.8 Å². The normalized spacial score (nSPS) is 19.7. The summed E-state index contributed by atoms with van der Waals surface area (Å²) in [6.45, 7) is 9.04. The highest BCUT2D eigenvalue weighted by atomic mass is 32.1. The molecule has 1 aliphatic rings. The lowest BCUT2D eigenvalue weighted by Crippen LogP contribution is -2.51. The Morgan fingerprint density at radius 2 is 2.32 bits per heavy atom. The van der Waals surface area contributed by atoms with E-state index in [0.29, 0.717) is 6.04 Å². The molecule has 1 aromatic rings. The lowest BCUT2D eigenvalue weighted by molar-refractivity contribution is 0.0714. The van der Waals surface area contributed by atoms with Gasteiger partial charge in [-0.25, -0.2) is 0 Å². The minimum Gasteiger partial charge on any atom is -0.335 e. The predicted octanol–water partition coefficient (Wildman–Crippen LogP) is 2.70. The summed E-state index contributed by atoms with van der Waals surface area (Å²) in [5.41, 5.74) is 1.36. The van der Waals surface area contributed by atoms with E-state index in [0.717, 1.165) is 43.8 Å². The third-order valence-corrected chi connectivity index (χ3v) is 4.85. The van der Waals surface area contributed by atoms with E-state index in [1.807, 2.05) is 4.90 Å². The van der Waals surface area contributed by atoms with Gasteiger partial charge in [-0.05, 0) is 31.4 Å². The van der Waals surface area contributed by atoms with Crippen LogP contribution in [0.25, 0.3) is 0 Å². The van der Waals surface area contributed by atoms with Gasteiger partial charge in [-0.3, -0.25) is 4.79 Å². The van der Waals surface area contributed by atoms with Crippen molar-refractivity contribution in [1.29, 1.82) is 0 Å². The van der Waals surface area contributed by atoms with Crippen LogP contribution in [0.1, 0.15) is 47.3 Å². The third-order valence-electron chi connectivity index (χ3n) is 3.62. The van der Waals surface area contributed by atoms with Gasteiger partial charge in [0.1, 0.15) is 0 Å². The molecule has 19 heavy (non-hydrogen) atoms. The van der Waals surface area contributed by atoms with Crippen LogP contribution in [0.3, 0.4) is 0 Å². The Morgan fingerprint density at radius 1 is 1.53 bits per heavy atom. The van der Waals surface area contributed by atoms with Crippen LogP contribution in [-0.4, -0.2) is 36.5 Å². The number of carbonyl (C=O) groups is 1. The van der Waals surface area contributed by atoms with E-state index in [9.17, 15) is 4.79 Å². The molecule has 0 aromatic carbocycles. The fourth-order valence-corrected chi connectivity index (χ4v) is 3.91. The quantitative estimate of drug-likeness (QED) is 0.919. The first-order valence-electron chi connectivity index (χ1n) is 7.29. The van der Waals surface area contributed by atoms with Gasteiger partial charge in [0, 0.05) is 30.6 Å². The molecule has 0 saturated carbocycles. The van der Waals surface area contributed by atoms with Gasteiger partial charge < -0.3 is 10.2 Å². The van der Waals surface area contributed by atoms with Gasteiger partial charge >= 0.3 is 0 Å². The van der Waals surface area contributed by atoms with Crippen molar-refractivity contribution in [2.45, 2.75) is 46.1 Å². The van der Waals surface area contributed by atoms with Gasteiger partial charge in [-0.2, -0.15) is 0 Å². The summed E-state index contributed by atoms with van der Waals surface area (Å²) in [6.07, 6.45) is 3.27. The summed E-state index contributed by atoms with van der Waals surface area (Å²) < 4.78 is 0. The van der Waals surface area contributed by atoms with E-state index < -0.39 is 0 Å². The highest BCUT2D eigenvalue weighted by Gasteiger charge is 2.23. The maximum absolute atomic E-state index is 12.5. The van der Waals surface area contributed by atoms with Crippen LogP contribution in [0.2, 0.25) is 0 Å². The highest BCUT2D eigenvalue weighted by molar-refractivity contribution is 7.14. The minimum atomic E-state index is 0.218. The molecule has 1 aliphatic heterocycles. The molecule has 1 amide bonds. The Hall–Kier alpha value is -0.870. The van der Waals surface area contributed by atoms with Crippen molar-refractivity contribution < 1.29 is 4.79 Å². The molecule has 1 atom stereocenters. The number of aryl methyl sites for hydroxylation is 2. The molecular formula is C15H24N2OS. The van der Waals surface area contributed by atoms with Crippen molar-refractivity contribution in [3.63, 3.8) is 0 Å². The zero-order valence-electron chi connectivity index (χ0n) is 12.2. The second kappa shape index (κ2) is 6.53. The van der Waals surface area contributed by atoms with E-state index in [-0.39, 0.29) is 5.91 Å².